The van der Waals surface area contributed by atoms with Crippen molar-refractivity contribution >= 4 is 28.6 Å². The number of aldehydes is 1. The van der Waals surface area contributed by atoms with Crippen molar-refractivity contribution in [1.29, 1.82) is 0 Å². The molecule has 0 spiro atoms. The SMILES string of the molecule is CNc1scc(C2CC(F)(F)C2)c1C(=O)O.O=Cc1ccccc1. The minimum atomic E-state index is -2.62. The van der Waals surface area contributed by atoms with Gasteiger partial charge in [0.1, 0.15) is 11.3 Å². The second-order valence-electron chi connectivity index (χ2n) is 5.44. The van der Waals surface area contributed by atoms with Crippen LogP contribution in [0.4, 0.5) is 13.8 Å². The number of alkyl halides is 2. The standard InChI is InChI=1S/C10H11F2NO2S.C7H6O/c1-13-8-7(9(14)15)6(4-16-8)5-2-10(11,12)3-5;8-6-7-4-2-1-3-5-7/h4-5,13H,2-3H2,1H3,(H,14,15);1-6H. The second-order valence-corrected chi connectivity index (χ2v) is 6.32. The number of carboxylic acid groups (broad SMARTS) is 1. The first kappa shape index (κ1) is 18.1. The van der Waals surface area contributed by atoms with Crippen LogP contribution in [0.5, 0.6) is 0 Å². The first-order valence-electron chi connectivity index (χ1n) is 7.28. The lowest BCUT2D eigenvalue weighted by Gasteiger charge is -2.35. The first-order chi connectivity index (χ1) is 11.4. The van der Waals surface area contributed by atoms with Gasteiger partial charge < -0.3 is 10.4 Å². The fourth-order valence-corrected chi connectivity index (χ4v) is 3.48. The highest BCUT2D eigenvalue weighted by atomic mass is 32.1. The monoisotopic (exact) mass is 353 g/mol. The van der Waals surface area contributed by atoms with Gasteiger partial charge in [-0.15, -0.1) is 11.3 Å². The van der Waals surface area contributed by atoms with Gasteiger partial charge in [-0.3, -0.25) is 4.79 Å². The number of hydrogen-bond donors (Lipinski definition) is 2. The molecule has 0 amide bonds. The van der Waals surface area contributed by atoms with Crippen LogP contribution in [0.1, 0.15) is 45.0 Å². The largest absolute Gasteiger partial charge is 0.478 e. The molecule has 1 saturated carbocycles. The molecule has 0 aliphatic heterocycles. The van der Waals surface area contributed by atoms with Crippen molar-refractivity contribution in [2.24, 2.45) is 0 Å². The summed E-state index contributed by atoms with van der Waals surface area (Å²) >= 11 is 1.25. The number of carbonyl (C=O) groups excluding carboxylic acids is 1. The van der Waals surface area contributed by atoms with E-state index < -0.39 is 11.9 Å². The molecule has 0 bridgehead atoms. The Bertz CT molecular complexity index is 708. The van der Waals surface area contributed by atoms with Gasteiger partial charge in [-0.25, -0.2) is 13.6 Å². The Labute approximate surface area is 142 Å². The molecule has 3 rings (SSSR count). The number of thiophene rings is 1. The lowest BCUT2D eigenvalue weighted by Crippen LogP contribution is -2.34. The molecule has 128 valence electrons. The van der Waals surface area contributed by atoms with Crippen molar-refractivity contribution in [3.8, 4) is 0 Å². The van der Waals surface area contributed by atoms with E-state index in [1.54, 1.807) is 24.6 Å². The molecule has 0 atom stereocenters. The van der Waals surface area contributed by atoms with E-state index in [0.29, 0.717) is 10.6 Å². The maximum atomic E-state index is 12.7. The highest BCUT2D eigenvalue weighted by molar-refractivity contribution is 7.14. The fourth-order valence-electron chi connectivity index (χ4n) is 2.49. The molecular formula is C17H17F2NO3S. The molecule has 1 aliphatic carbocycles. The number of benzene rings is 1. The third-order valence-electron chi connectivity index (χ3n) is 3.73. The molecule has 1 heterocycles. The van der Waals surface area contributed by atoms with Gasteiger partial charge in [0.05, 0.1) is 5.56 Å². The molecule has 0 radical (unpaired) electrons. The summed E-state index contributed by atoms with van der Waals surface area (Å²) in [5, 5.41) is 14.0. The summed E-state index contributed by atoms with van der Waals surface area (Å²) in [7, 11) is 1.62. The Morgan fingerprint density at radius 2 is 1.96 bits per heavy atom. The lowest BCUT2D eigenvalue weighted by molar-refractivity contribution is -0.0868. The molecule has 1 aromatic heterocycles. The van der Waals surface area contributed by atoms with E-state index >= 15 is 0 Å². The smallest absolute Gasteiger partial charge is 0.338 e. The minimum Gasteiger partial charge on any atom is -0.478 e. The van der Waals surface area contributed by atoms with Gasteiger partial charge in [-0.2, -0.15) is 0 Å². The first-order valence-corrected chi connectivity index (χ1v) is 8.16. The van der Waals surface area contributed by atoms with Crippen LogP contribution >= 0.6 is 11.3 Å². The molecule has 24 heavy (non-hydrogen) atoms. The number of halogens is 2. The van der Waals surface area contributed by atoms with Crippen LogP contribution in [0.2, 0.25) is 0 Å². The van der Waals surface area contributed by atoms with Crippen molar-refractivity contribution in [3.63, 3.8) is 0 Å². The summed E-state index contributed by atoms with van der Waals surface area (Å²) in [5.74, 6) is -4.00. The van der Waals surface area contributed by atoms with Crippen LogP contribution in [0.25, 0.3) is 0 Å². The van der Waals surface area contributed by atoms with Gasteiger partial charge in [0.15, 0.2) is 0 Å². The third kappa shape index (κ3) is 4.17. The molecule has 1 aliphatic rings. The molecule has 4 nitrogen and oxygen atoms in total. The van der Waals surface area contributed by atoms with Crippen LogP contribution in [0.3, 0.4) is 0 Å². The van der Waals surface area contributed by atoms with Crippen molar-refractivity contribution in [3.05, 3.63) is 52.4 Å². The average molecular weight is 353 g/mol. The second kappa shape index (κ2) is 7.53. The van der Waals surface area contributed by atoms with E-state index in [1.165, 1.54) is 11.3 Å². The summed E-state index contributed by atoms with van der Waals surface area (Å²) in [6, 6.07) is 9.10. The van der Waals surface area contributed by atoms with E-state index in [0.717, 1.165) is 11.8 Å². The van der Waals surface area contributed by atoms with Gasteiger partial charge in [0.2, 0.25) is 5.92 Å². The van der Waals surface area contributed by atoms with Gasteiger partial charge >= 0.3 is 5.97 Å². The molecule has 1 aromatic carbocycles. The lowest BCUT2D eigenvalue weighted by atomic mass is 9.76. The van der Waals surface area contributed by atoms with E-state index in [9.17, 15) is 18.4 Å². The zero-order valence-corrected chi connectivity index (χ0v) is 13.8. The predicted molar refractivity (Wildman–Crippen MR) is 89.6 cm³/mol. The molecule has 2 aromatic rings. The van der Waals surface area contributed by atoms with Gasteiger partial charge in [0, 0.05) is 25.5 Å². The van der Waals surface area contributed by atoms with Gasteiger partial charge in [-0.05, 0) is 16.9 Å². The molecule has 1 fully saturated rings. The number of aromatic carboxylic acids is 1. The topological polar surface area (TPSA) is 66.4 Å². The van der Waals surface area contributed by atoms with Crippen LogP contribution in [-0.2, 0) is 0 Å². The summed E-state index contributed by atoms with van der Waals surface area (Å²) < 4.78 is 25.5. The highest BCUT2D eigenvalue weighted by Crippen LogP contribution is 2.50. The fraction of sp³-hybridized carbons (Fsp3) is 0.294. The number of carbonyl (C=O) groups is 2. The van der Waals surface area contributed by atoms with E-state index in [4.69, 9.17) is 5.11 Å². The number of carboxylic acids is 1. The Hall–Kier alpha value is -2.28. The van der Waals surface area contributed by atoms with Crippen LogP contribution in [0.15, 0.2) is 35.7 Å². The van der Waals surface area contributed by atoms with Gasteiger partial charge in [0.25, 0.3) is 0 Å². The zero-order valence-electron chi connectivity index (χ0n) is 13.0. The number of nitrogens with one attached hydrogen (secondary N) is 1. The molecular weight excluding hydrogens is 336 g/mol. The Morgan fingerprint density at radius 3 is 2.38 bits per heavy atom. The predicted octanol–water partition coefficient (Wildman–Crippen LogP) is 4.50. The maximum Gasteiger partial charge on any atom is 0.338 e. The van der Waals surface area contributed by atoms with E-state index in [2.05, 4.69) is 5.32 Å². The summed E-state index contributed by atoms with van der Waals surface area (Å²) in [5.41, 5.74) is 1.41. The molecule has 0 saturated heterocycles. The molecule has 2 N–H and O–H groups in total. The Morgan fingerprint density at radius 1 is 1.33 bits per heavy atom. The van der Waals surface area contributed by atoms with Crippen molar-refractivity contribution in [1.82, 2.24) is 0 Å². The summed E-state index contributed by atoms with van der Waals surface area (Å²) in [6.45, 7) is 0. The highest BCUT2D eigenvalue weighted by Gasteiger charge is 2.47. The zero-order chi connectivity index (χ0) is 17.7. The summed E-state index contributed by atoms with van der Waals surface area (Å²) in [6.07, 6.45) is 0.348. The van der Waals surface area contributed by atoms with Crippen molar-refractivity contribution < 1.29 is 23.5 Å². The van der Waals surface area contributed by atoms with Crippen LogP contribution < -0.4 is 5.32 Å². The molecule has 7 heteroatoms. The van der Waals surface area contributed by atoms with Crippen molar-refractivity contribution in [2.45, 2.75) is 24.7 Å². The minimum absolute atomic E-state index is 0.146. The number of anilines is 1. The maximum absolute atomic E-state index is 12.7. The van der Waals surface area contributed by atoms with E-state index in [1.807, 2.05) is 18.2 Å². The quantitative estimate of drug-likeness (QED) is 0.794. The van der Waals surface area contributed by atoms with E-state index in [-0.39, 0.29) is 24.3 Å². The third-order valence-corrected chi connectivity index (χ3v) is 4.74. The van der Waals surface area contributed by atoms with Gasteiger partial charge in [-0.1, -0.05) is 30.3 Å². The number of hydrogen-bond acceptors (Lipinski definition) is 4. The normalized spacial score (nSPS) is 15.6. The Kier molecular flexibility index (Phi) is 5.66. The summed E-state index contributed by atoms with van der Waals surface area (Å²) in [4.78, 5) is 21.1. The number of rotatable bonds is 4. The molecule has 0 unspecified atom stereocenters. The van der Waals surface area contributed by atoms with Crippen LogP contribution in [-0.4, -0.2) is 30.3 Å². The van der Waals surface area contributed by atoms with Crippen LogP contribution in [0, 0.1) is 0 Å². The Balaban J connectivity index is 0.000000219. The van der Waals surface area contributed by atoms with Crippen molar-refractivity contribution in [2.75, 3.05) is 12.4 Å². The average Bonchev–Trinajstić information content (AvgIpc) is 2.97.